The van der Waals surface area contributed by atoms with Crippen LogP contribution in [0.4, 0.5) is 5.69 Å². The van der Waals surface area contributed by atoms with Crippen LogP contribution in [0.15, 0.2) is 41.4 Å². The highest BCUT2D eigenvalue weighted by molar-refractivity contribution is 6.10. The Labute approximate surface area is 167 Å². The molecule has 1 fully saturated rings. The molecule has 1 aliphatic rings. The van der Waals surface area contributed by atoms with Crippen LogP contribution in [0.3, 0.4) is 0 Å². The Bertz CT molecular complexity index is 883. The number of carbonyl (C=O) groups excluding carboxylic acids is 1. The minimum absolute atomic E-state index is 0.119. The zero-order valence-electron chi connectivity index (χ0n) is 17.1. The van der Waals surface area contributed by atoms with E-state index in [0.29, 0.717) is 18.1 Å². The van der Waals surface area contributed by atoms with Crippen molar-refractivity contribution in [3.05, 3.63) is 64.2 Å². The van der Waals surface area contributed by atoms with Crippen LogP contribution in [0.2, 0.25) is 0 Å². The lowest BCUT2D eigenvalue weighted by molar-refractivity contribution is 0.0975. The van der Waals surface area contributed by atoms with E-state index in [9.17, 15) is 4.79 Å². The fraction of sp³-hybridized carbons (Fsp3) is 0.391. The molecule has 2 aromatic carbocycles. The van der Waals surface area contributed by atoms with E-state index in [4.69, 9.17) is 4.74 Å². The quantitative estimate of drug-likeness (QED) is 0.615. The molecule has 0 unspecified atom stereocenters. The Hall–Kier alpha value is -2.66. The van der Waals surface area contributed by atoms with Crippen molar-refractivity contribution in [2.45, 2.75) is 46.6 Å². The zero-order chi connectivity index (χ0) is 20.1. The van der Waals surface area contributed by atoms with Crippen LogP contribution < -0.4 is 10.6 Å². The fourth-order valence-corrected chi connectivity index (χ4v) is 3.15. The maximum absolute atomic E-state index is 12.8. The average Bonchev–Trinajstić information content (AvgIpc) is 3.18. The second-order valence-electron chi connectivity index (χ2n) is 7.52. The molecule has 148 valence electrons. The summed E-state index contributed by atoms with van der Waals surface area (Å²) in [4.78, 5) is 17.4. The van der Waals surface area contributed by atoms with Crippen LogP contribution in [-0.4, -0.2) is 31.1 Å². The summed E-state index contributed by atoms with van der Waals surface area (Å²) in [5.41, 5.74) is 6.05. The van der Waals surface area contributed by atoms with Gasteiger partial charge in [-0.05, 0) is 81.0 Å². The van der Waals surface area contributed by atoms with Gasteiger partial charge in [-0.1, -0.05) is 18.2 Å². The minimum Gasteiger partial charge on any atom is -0.376 e. The van der Waals surface area contributed by atoms with Gasteiger partial charge in [0.2, 0.25) is 5.96 Å². The molecule has 1 heterocycles. The van der Waals surface area contributed by atoms with Crippen LogP contribution in [0.25, 0.3) is 0 Å². The van der Waals surface area contributed by atoms with Crippen LogP contribution in [0, 0.1) is 27.7 Å². The highest BCUT2D eigenvalue weighted by Crippen LogP contribution is 2.17. The summed E-state index contributed by atoms with van der Waals surface area (Å²) in [5.74, 6) is 0.277. The molecule has 1 saturated heterocycles. The van der Waals surface area contributed by atoms with Gasteiger partial charge in [-0.3, -0.25) is 10.1 Å². The first-order valence-corrected chi connectivity index (χ1v) is 9.81. The van der Waals surface area contributed by atoms with Crippen molar-refractivity contribution in [2.24, 2.45) is 4.99 Å². The Kier molecular flexibility index (Phi) is 6.47. The lowest BCUT2D eigenvalue weighted by Gasteiger charge is -2.15. The number of amides is 1. The second-order valence-corrected chi connectivity index (χ2v) is 7.52. The second kappa shape index (κ2) is 9.02. The summed E-state index contributed by atoms with van der Waals surface area (Å²) < 4.78 is 5.67. The largest absolute Gasteiger partial charge is 0.376 e. The molecule has 0 aliphatic carbocycles. The van der Waals surface area contributed by atoms with E-state index in [0.717, 1.165) is 47.4 Å². The number of guanidine groups is 1. The molecule has 3 rings (SSSR count). The predicted octanol–water partition coefficient (Wildman–Crippen LogP) is 4.30. The van der Waals surface area contributed by atoms with Gasteiger partial charge in [0.05, 0.1) is 12.6 Å². The third kappa shape index (κ3) is 5.20. The number of rotatable bonds is 4. The molecule has 2 aromatic rings. The number of aryl methyl sites for hydroxylation is 4. The SMILES string of the molecule is Cc1ccc(C)c(NC(=NC[C@@H]2CCCO2)NC(=O)c2ccc(C)c(C)c2)c1. The summed E-state index contributed by atoms with van der Waals surface area (Å²) in [7, 11) is 0. The van der Waals surface area contributed by atoms with Gasteiger partial charge in [0, 0.05) is 17.9 Å². The van der Waals surface area contributed by atoms with E-state index in [2.05, 4.69) is 33.8 Å². The van der Waals surface area contributed by atoms with Gasteiger partial charge in [0.15, 0.2) is 0 Å². The Morgan fingerprint density at radius 3 is 2.57 bits per heavy atom. The minimum atomic E-state index is -0.174. The Morgan fingerprint density at radius 1 is 1.07 bits per heavy atom. The number of ether oxygens (including phenoxy) is 1. The number of carbonyl (C=O) groups is 1. The van der Waals surface area contributed by atoms with Crippen molar-refractivity contribution < 1.29 is 9.53 Å². The summed E-state index contributed by atoms with van der Waals surface area (Å²) in [6.07, 6.45) is 2.19. The van der Waals surface area contributed by atoms with Crippen molar-refractivity contribution in [3.63, 3.8) is 0 Å². The van der Waals surface area contributed by atoms with Crippen LogP contribution in [0.1, 0.15) is 45.5 Å². The predicted molar refractivity (Wildman–Crippen MR) is 114 cm³/mol. The number of hydrogen-bond acceptors (Lipinski definition) is 3. The van der Waals surface area contributed by atoms with E-state index in [1.165, 1.54) is 0 Å². The van der Waals surface area contributed by atoms with Crippen molar-refractivity contribution in [3.8, 4) is 0 Å². The van der Waals surface area contributed by atoms with Crippen molar-refractivity contribution in [2.75, 3.05) is 18.5 Å². The van der Waals surface area contributed by atoms with Crippen LogP contribution in [0.5, 0.6) is 0 Å². The number of nitrogens with zero attached hydrogens (tertiary/aromatic N) is 1. The molecule has 0 spiro atoms. The molecule has 1 amide bonds. The fourth-order valence-electron chi connectivity index (χ4n) is 3.15. The van der Waals surface area contributed by atoms with E-state index >= 15 is 0 Å². The molecule has 1 atom stereocenters. The van der Waals surface area contributed by atoms with Gasteiger partial charge in [-0.25, -0.2) is 4.99 Å². The maximum Gasteiger partial charge on any atom is 0.257 e. The third-order valence-corrected chi connectivity index (χ3v) is 5.12. The summed E-state index contributed by atoms with van der Waals surface area (Å²) in [5, 5.41) is 6.24. The van der Waals surface area contributed by atoms with Crippen molar-refractivity contribution >= 4 is 17.6 Å². The number of benzene rings is 2. The first-order valence-electron chi connectivity index (χ1n) is 9.81. The maximum atomic E-state index is 12.8. The highest BCUT2D eigenvalue weighted by atomic mass is 16.5. The first-order chi connectivity index (χ1) is 13.4. The van der Waals surface area contributed by atoms with Crippen molar-refractivity contribution in [1.82, 2.24) is 5.32 Å². The lowest BCUT2D eigenvalue weighted by atomic mass is 10.1. The molecule has 0 bridgehead atoms. The lowest BCUT2D eigenvalue weighted by Crippen LogP contribution is -2.37. The number of nitrogens with one attached hydrogen (secondary N) is 2. The van der Waals surface area contributed by atoms with E-state index in [1.54, 1.807) is 0 Å². The summed E-state index contributed by atoms with van der Waals surface area (Å²) in [6, 6.07) is 11.9. The zero-order valence-corrected chi connectivity index (χ0v) is 17.1. The molecule has 0 saturated carbocycles. The number of anilines is 1. The van der Waals surface area contributed by atoms with Crippen LogP contribution in [-0.2, 0) is 4.74 Å². The number of hydrogen-bond donors (Lipinski definition) is 2. The highest BCUT2D eigenvalue weighted by Gasteiger charge is 2.16. The van der Waals surface area contributed by atoms with Gasteiger partial charge < -0.3 is 10.1 Å². The average molecular weight is 380 g/mol. The third-order valence-electron chi connectivity index (χ3n) is 5.12. The molecular weight excluding hydrogens is 350 g/mol. The topological polar surface area (TPSA) is 62.7 Å². The van der Waals surface area contributed by atoms with E-state index < -0.39 is 0 Å². The standard InChI is InChI=1S/C23H29N3O2/c1-15-7-8-17(3)21(12-15)25-23(24-14-20-6-5-11-28-20)26-22(27)19-10-9-16(2)18(4)13-19/h7-10,12-13,20H,5-6,11,14H2,1-4H3,(H2,24,25,26,27)/t20-/m0/s1. The van der Waals surface area contributed by atoms with Crippen molar-refractivity contribution in [1.29, 1.82) is 0 Å². The molecule has 0 radical (unpaired) electrons. The van der Waals surface area contributed by atoms with Gasteiger partial charge in [-0.15, -0.1) is 0 Å². The molecule has 28 heavy (non-hydrogen) atoms. The molecular formula is C23H29N3O2. The molecule has 0 aromatic heterocycles. The normalized spacial score (nSPS) is 16.9. The Balaban J connectivity index is 1.80. The van der Waals surface area contributed by atoms with Gasteiger partial charge >= 0.3 is 0 Å². The van der Waals surface area contributed by atoms with Gasteiger partial charge in [-0.2, -0.15) is 0 Å². The van der Waals surface area contributed by atoms with E-state index in [-0.39, 0.29) is 12.0 Å². The smallest absolute Gasteiger partial charge is 0.257 e. The van der Waals surface area contributed by atoms with Gasteiger partial charge in [0.25, 0.3) is 5.91 Å². The molecule has 2 N–H and O–H groups in total. The number of aliphatic imine (C=N–C) groups is 1. The van der Waals surface area contributed by atoms with E-state index in [1.807, 2.05) is 45.9 Å². The summed E-state index contributed by atoms with van der Waals surface area (Å²) >= 11 is 0. The first kappa shape index (κ1) is 20.1. The monoisotopic (exact) mass is 379 g/mol. The van der Waals surface area contributed by atoms with Crippen LogP contribution >= 0.6 is 0 Å². The molecule has 5 nitrogen and oxygen atoms in total. The summed E-state index contributed by atoms with van der Waals surface area (Å²) in [6.45, 7) is 9.43. The van der Waals surface area contributed by atoms with Gasteiger partial charge in [0.1, 0.15) is 0 Å². The molecule has 1 aliphatic heterocycles. The molecule has 5 heteroatoms. The Morgan fingerprint density at radius 2 is 1.86 bits per heavy atom.